The number of fused-ring (bicyclic) bond motifs is 1. The maximum atomic E-state index is 12.5. The molecule has 1 amide bonds. The molecular formula is C21H23N7OS. The number of nitrogens with one attached hydrogen (secondary N) is 1. The molecule has 0 saturated heterocycles. The van der Waals surface area contributed by atoms with Crippen molar-refractivity contribution >= 4 is 23.4 Å². The van der Waals surface area contributed by atoms with Crippen molar-refractivity contribution in [3.63, 3.8) is 0 Å². The molecule has 0 bridgehead atoms. The minimum atomic E-state index is -0.0271. The van der Waals surface area contributed by atoms with Crippen molar-refractivity contribution in [2.45, 2.75) is 31.8 Å². The summed E-state index contributed by atoms with van der Waals surface area (Å²) in [6.07, 6.45) is 6.63. The van der Waals surface area contributed by atoms with Crippen LogP contribution in [-0.4, -0.2) is 48.1 Å². The van der Waals surface area contributed by atoms with Gasteiger partial charge in [-0.25, -0.2) is 14.2 Å². The van der Waals surface area contributed by atoms with Gasteiger partial charge in [-0.15, -0.1) is 5.10 Å². The Bertz CT molecular complexity index is 1170. The number of nitrogens with zero attached hydrogens (tertiary/aromatic N) is 6. The van der Waals surface area contributed by atoms with Gasteiger partial charge in [0.2, 0.25) is 11.1 Å². The van der Waals surface area contributed by atoms with Crippen molar-refractivity contribution in [1.29, 1.82) is 0 Å². The Morgan fingerprint density at radius 3 is 2.67 bits per heavy atom. The molecule has 9 heteroatoms. The summed E-state index contributed by atoms with van der Waals surface area (Å²) >= 11 is 1.47. The van der Waals surface area contributed by atoms with E-state index in [1.807, 2.05) is 49.2 Å². The van der Waals surface area contributed by atoms with Crippen LogP contribution in [0, 0.1) is 13.8 Å². The Balaban J connectivity index is 1.36. The highest BCUT2D eigenvalue weighted by Crippen LogP contribution is 2.17. The summed E-state index contributed by atoms with van der Waals surface area (Å²) in [5.74, 6) is 0.540. The van der Waals surface area contributed by atoms with Crippen LogP contribution in [0.2, 0.25) is 0 Å². The van der Waals surface area contributed by atoms with Gasteiger partial charge in [0.15, 0.2) is 0 Å². The number of aryl methyl sites for hydroxylation is 2. The normalized spacial score (nSPS) is 11.2. The zero-order valence-electron chi connectivity index (χ0n) is 17.2. The second kappa shape index (κ2) is 8.66. The Hall–Kier alpha value is -3.20. The summed E-state index contributed by atoms with van der Waals surface area (Å²) in [6.45, 7) is 4.43. The Labute approximate surface area is 178 Å². The molecule has 0 aliphatic rings. The lowest BCUT2D eigenvalue weighted by atomic mass is 10.1. The maximum absolute atomic E-state index is 12.5. The standard InChI is InChI=1S/C21H23N7OS/c1-14-18(15(2)28-20(24-14)25-21(26-28)30-3)13-19(29)22-11-9-16-5-7-17(8-6-16)27-12-4-10-23-27/h4-8,10,12H,9,11,13H2,1-3H3,(H,22,29). The Morgan fingerprint density at radius 1 is 1.17 bits per heavy atom. The molecule has 0 aliphatic carbocycles. The monoisotopic (exact) mass is 421 g/mol. The molecule has 0 unspecified atom stereocenters. The van der Waals surface area contributed by atoms with Crippen LogP contribution in [0.25, 0.3) is 11.5 Å². The number of rotatable bonds is 7. The quantitative estimate of drug-likeness (QED) is 0.461. The number of hydrogen-bond donors (Lipinski definition) is 1. The molecule has 1 aromatic carbocycles. The topological polar surface area (TPSA) is 90.0 Å². The number of benzene rings is 1. The van der Waals surface area contributed by atoms with Crippen molar-refractivity contribution in [3.05, 3.63) is 65.2 Å². The van der Waals surface area contributed by atoms with E-state index in [1.54, 1.807) is 10.7 Å². The lowest BCUT2D eigenvalue weighted by Crippen LogP contribution is -2.28. The summed E-state index contributed by atoms with van der Waals surface area (Å²) in [5.41, 5.74) is 4.77. The van der Waals surface area contributed by atoms with Crippen LogP contribution in [0.4, 0.5) is 0 Å². The van der Waals surface area contributed by atoms with E-state index in [0.29, 0.717) is 17.5 Å². The summed E-state index contributed by atoms with van der Waals surface area (Å²) in [5, 5.41) is 12.3. The van der Waals surface area contributed by atoms with Gasteiger partial charge in [-0.2, -0.15) is 10.1 Å². The first-order valence-corrected chi connectivity index (χ1v) is 10.9. The average Bonchev–Trinajstić information content (AvgIpc) is 3.41. The van der Waals surface area contributed by atoms with E-state index >= 15 is 0 Å². The van der Waals surface area contributed by atoms with Gasteiger partial charge in [0.25, 0.3) is 5.78 Å². The predicted octanol–water partition coefficient (Wildman–Crippen LogP) is 2.55. The second-order valence-electron chi connectivity index (χ2n) is 6.97. The molecule has 3 heterocycles. The van der Waals surface area contributed by atoms with Gasteiger partial charge in [0.1, 0.15) is 0 Å². The highest BCUT2D eigenvalue weighted by Gasteiger charge is 2.15. The van der Waals surface area contributed by atoms with Crippen LogP contribution >= 0.6 is 11.8 Å². The van der Waals surface area contributed by atoms with E-state index in [-0.39, 0.29) is 12.3 Å². The first kappa shape index (κ1) is 20.1. The van der Waals surface area contributed by atoms with E-state index in [0.717, 1.165) is 34.6 Å². The lowest BCUT2D eigenvalue weighted by molar-refractivity contribution is -0.120. The largest absolute Gasteiger partial charge is 0.355 e. The molecule has 4 rings (SSSR count). The van der Waals surface area contributed by atoms with Crippen LogP contribution in [0.15, 0.2) is 47.9 Å². The third-order valence-electron chi connectivity index (χ3n) is 4.99. The summed E-state index contributed by atoms with van der Waals surface area (Å²) < 4.78 is 3.53. The average molecular weight is 422 g/mol. The zero-order valence-corrected chi connectivity index (χ0v) is 18.0. The molecule has 154 valence electrons. The van der Waals surface area contributed by atoms with Gasteiger partial charge in [-0.3, -0.25) is 4.79 Å². The van der Waals surface area contributed by atoms with Gasteiger partial charge in [0, 0.05) is 35.9 Å². The van der Waals surface area contributed by atoms with Gasteiger partial charge in [0.05, 0.1) is 12.1 Å². The number of amides is 1. The highest BCUT2D eigenvalue weighted by atomic mass is 32.2. The number of thioether (sulfide) groups is 1. The highest BCUT2D eigenvalue weighted by molar-refractivity contribution is 7.98. The fraction of sp³-hybridized carbons (Fsp3) is 0.286. The minimum Gasteiger partial charge on any atom is -0.355 e. The zero-order chi connectivity index (χ0) is 21.1. The summed E-state index contributed by atoms with van der Waals surface area (Å²) in [6, 6.07) is 10.1. The Kier molecular flexibility index (Phi) is 5.80. The van der Waals surface area contributed by atoms with Crippen LogP contribution in [-0.2, 0) is 17.6 Å². The van der Waals surface area contributed by atoms with Crippen molar-refractivity contribution in [1.82, 2.24) is 34.7 Å². The lowest BCUT2D eigenvalue weighted by Gasteiger charge is -2.11. The molecule has 0 fully saturated rings. The molecular weight excluding hydrogens is 398 g/mol. The van der Waals surface area contributed by atoms with Crippen molar-refractivity contribution in [2.24, 2.45) is 0 Å². The van der Waals surface area contributed by atoms with E-state index in [1.165, 1.54) is 11.8 Å². The van der Waals surface area contributed by atoms with Gasteiger partial charge in [-0.05, 0) is 50.3 Å². The predicted molar refractivity (Wildman–Crippen MR) is 116 cm³/mol. The minimum absolute atomic E-state index is 0.0271. The fourth-order valence-corrected chi connectivity index (χ4v) is 3.67. The molecule has 0 saturated carbocycles. The maximum Gasteiger partial charge on any atom is 0.253 e. The molecule has 0 atom stereocenters. The van der Waals surface area contributed by atoms with Crippen molar-refractivity contribution < 1.29 is 4.79 Å². The molecule has 1 N–H and O–H groups in total. The molecule has 4 aromatic rings. The number of hydrogen-bond acceptors (Lipinski definition) is 6. The summed E-state index contributed by atoms with van der Waals surface area (Å²) in [7, 11) is 0. The number of carbonyl (C=O) groups is 1. The van der Waals surface area contributed by atoms with Gasteiger partial charge < -0.3 is 5.32 Å². The van der Waals surface area contributed by atoms with Crippen molar-refractivity contribution in [3.8, 4) is 5.69 Å². The van der Waals surface area contributed by atoms with Crippen LogP contribution in [0.1, 0.15) is 22.5 Å². The van der Waals surface area contributed by atoms with E-state index in [9.17, 15) is 4.79 Å². The van der Waals surface area contributed by atoms with Crippen LogP contribution in [0.3, 0.4) is 0 Å². The molecule has 0 radical (unpaired) electrons. The second-order valence-corrected chi connectivity index (χ2v) is 7.74. The summed E-state index contributed by atoms with van der Waals surface area (Å²) in [4.78, 5) is 21.4. The Morgan fingerprint density at radius 2 is 1.97 bits per heavy atom. The molecule has 0 aliphatic heterocycles. The molecule has 0 spiro atoms. The van der Waals surface area contributed by atoms with Crippen molar-refractivity contribution in [2.75, 3.05) is 12.8 Å². The molecule has 3 aromatic heterocycles. The van der Waals surface area contributed by atoms with E-state index in [2.05, 4.69) is 37.6 Å². The molecule has 30 heavy (non-hydrogen) atoms. The molecule has 8 nitrogen and oxygen atoms in total. The number of aromatic nitrogens is 6. The van der Waals surface area contributed by atoms with Gasteiger partial charge in [-0.1, -0.05) is 23.9 Å². The van der Waals surface area contributed by atoms with Gasteiger partial charge >= 0.3 is 0 Å². The first-order chi connectivity index (χ1) is 14.5. The van der Waals surface area contributed by atoms with E-state index in [4.69, 9.17) is 0 Å². The smallest absolute Gasteiger partial charge is 0.253 e. The fourth-order valence-electron chi connectivity index (χ4n) is 3.34. The third kappa shape index (κ3) is 4.20. The van der Waals surface area contributed by atoms with Crippen LogP contribution in [0.5, 0.6) is 0 Å². The first-order valence-electron chi connectivity index (χ1n) is 9.67. The van der Waals surface area contributed by atoms with E-state index < -0.39 is 0 Å². The SMILES string of the molecule is CSc1nc2nc(C)c(CC(=O)NCCc3ccc(-n4cccn4)cc3)c(C)n2n1. The number of carbonyl (C=O) groups excluding carboxylic acids is 1. The third-order valence-corrected chi connectivity index (χ3v) is 5.53. The van der Waals surface area contributed by atoms with Crippen LogP contribution < -0.4 is 5.32 Å².